The first kappa shape index (κ1) is 17.4. The van der Waals surface area contributed by atoms with Crippen LogP contribution in [0.2, 0.25) is 0 Å². The van der Waals surface area contributed by atoms with Crippen molar-refractivity contribution in [2.75, 3.05) is 6.61 Å². The van der Waals surface area contributed by atoms with E-state index >= 15 is 0 Å². The second-order valence-corrected chi connectivity index (χ2v) is 6.52. The smallest absolute Gasteiger partial charge is 0.348 e. The Kier molecular flexibility index (Phi) is 6.51. The third-order valence-corrected chi connectivity index (χ3v) is 4.36. The summed E-state index contributed by atoms with van der Waals surface area (Å²) >= 11 is 4.89. The molecule has 4 nitrogen and oxygen atoms in total. The molecule has 2 aromatic rings. The first-order valence-electron chi connectivity index (χ1n) is 7.14. The number of aromatic nitrogens is 1. The van der Waals surface area contributed by atoms with E-state index in [2.05, 4.69) is 20.9 Å². The number of rotatable bonds is 6. The van der Waals surface area contributed by atoms with Gasteiger partial charge in [-0.2, -0.15) is 5.26 Å². The van der Waals surface area contributed by atoms with E-state index in [0.29, 0.717) is 12.3 Å². The molecule has 1 aromatic carbocycles. The number of unbranched alkanes of at least 4 members (excludes halogenated alkanes) is 1. The average molecular weight is 391 g/mol. The van der Waals surface area contributed by atoms with E-state index < -0.39 is 5.97 Å². The lowest BCUT2D eigenvalue weighted by Gasteiger charge is -2.01. The fourth-order valence-corrected chi connectivity index (χ4v) is 2.95. The summed E-state index contributed by atoms with van der Waals surface area (Å²) in [7, 11) is 0. The average Bonchev–Trinajstić information content (AvgIpc) is 3.01. The molecule has 0 unspecified atom stereocenters. The minimum Gasteiger partial charge on any atom is -0.462 e. The predicted molar refractivity (Wildman–Crippen MR) is 94.7 cm³/mol. The maximum absolute atomic E-state index is 11.8. The fourth-order valence-electron chi connectivity index (χ4n) is 1.78. The van der Waals surface area contributed by atoms with E-state index in [9.17, 15) is 4.79 Å². The van der Waals surface area contributed by atoms with Crippen molar-refractivity contribution in [3.63, 3.8) is 0 Å². The summed E-state index contributed by atoms with van der Waals surface area (Å²) in [4.78, 5) is 16.3. The summed E-state index contributed by atoms with van der Waals surface area (Å²) < 4.78 is 6.03. The summed E-state index contributed by atoms with van der Waals surface area (Å²) in [5, 5.41) is 11.8. The van der Waals surface area contributed by atoms with Crippen molar-refractivity contribution in [1.82, 2.24) is 4.98 Å². The summed E-state index contributed by atoms with van der Waals surface area (Å²) in [5.41, 5.74) is 1.52. The molecule has 118 valence electrons. The van der Waals surface area contributed by atoms with Crippen molar-refractivity contribution in [2.24, 2.45) is 0 Å². The molecule has 0 saturated carbocycles. The molecule has 0 aliphatic heterocycles. The van der Waals surface area contributed by atoms with E-state index in [1.54, 1.807) is 0 Å². The van der Waals surface area contributed by atoms with Gasteiger partial charge in [-0.3, -0.25) is 0 Å². The van der Waals surface area contributed by atoms with Gasteiger partial charge in [0.25, 0.3) is 0 Å². The topological polar surface area (TPSA) is 63.0 Å². The highest BCUT2D eigenvalue weighted by atomic mass is 79.9. The molecule has 0 bridgehead atoms. The van der Waals surface area contributed by atoms with Crippen molar-refractivity contribution < 1.29 is 9.53 Å². The molecule has 0 saturated heterocycles. The molecule has 0 amide bonds. The van der Waals surface area contributed by atoms with Crippen molar-refractivity contribution in [2.45, 2.75) is 19.8 Å². The quantitative estimate of drug-likeness (QED) is 0.307. The molecule has 2 rings (SSSR count). The molecule has 0 N–H and O–H groups in total. The van der Waals surface area contributed by atoms with Crippen LogP contribution in [0.5, 0.6) is 0 Å². The van der Waals surface area contributed by atoms with E-state index in [4.69, 9.17) is 10.00 Å². The molecule has 0 radical (unpaired) electrons. The van der Waals surface area contributed by atoms with Crippen molar-refractivity contribution in [3.8, 4) is 16.6 Å². The molecule has 0 fully saturated rings. The Labute approximate surface area is 147 Å². The lowest BCUT2D eigenvalue weighted by molar-refractivity contribution is -0.138. The fraction of sp³-hybridized carbons (Fsp3) is 0.235. The number of thiazole rings is 1. The molecule has 1 aromatic heterocycles. The number of benzene rings is 1. The maximum Gasteiger partial charge on any atom is 0.348 e. The molecule has 6 heteroatoms. The third kappa shape index (κ3) is 5.02. The Morgan fingerprint density at radius 1 is 1.52 bits per heavy atom. The van der Waals surface area contributed by atoms with Crippen LogP contribution >= 0.6 is 27.3 Å². The van der Waals surface area contributed by atoms with Crippen molar-refractivity contribution in [3.05, 3.63) is 45.4 Å². The SMILES string of the molecule is CCCCOC(=O)/C(C#N)=C/c1csc(-c2cccc(Br)c2)n1. The largest absolute Gasteiger partial charge is 0.462 e. The number of halogens is 1. The molecule has 0 aliphatic carbocycles. The second-order valence-electron chi connectivity index (χ2n) is 4.75. The van der Waals surface area contributed by atoms with E-state index in [1.165, 1.54) is 17.4 Å². The molecule has 0 atom stereocenters. The number of esters is 1. The van der Waals surface area contributed by atoms with Gasteiger partial charge in [0.05, 0.1) is 12.3 Å². The van der Waals surface area contributed by atoms with Crippen LogP contribution in [0.4, 0.5) is 0 Å². The van der Waals surface area contributed by atoms with Gasteiger partial charge in [0.1, 0.15) is 16.6 Å². The highest BCUT2D eigenvalue weighted by Crippen LogP contribution is 2.27. The maximum atomic E-state index is 11.8. The van der Waals surface area contributed by atoms with E-state index in [1.807, 2.05) is 42.6 Å². The van der Waals surface area contributed by atoms with Gasteiger partial charge < -0.3 is 4.74 Å². The predicted octanol–water partition coefficient (Wildman–Crippen LogP) is 4.82. The normalized spacial score (nSPS) is 11.1. The Morgan fingerprint density at radius 2 is 2.35 bits per heavy atom. The first-order chi connectivity index (χ1) is 11.1. The Hall–Kier alpha value is -1.97. The highest BCUT2D eigenvalue weighted by molar-refractivity contribution is 9.10. The van der Waals surface area contributed by atoms with Crippen molar-refractivity contribution in [1.29, 1.82) is 5.26 Å². The number of carbonyl (C=O) groups is 1. The summed E-state index contributed by atoms with van der Waals surface area (Å²) in [6.07, 6.45) is 3.18. The van der Waals surface area contributed by atoms with Crippen molar-refractivity contribution >= 4 is 39.3 Å². The standard InChI is InChI=1S/C17H15BrN2O2S/c1-2-3-7-22-17(21)13(10-19)9-15-11-23-16(20-15)12-5-4-6-14(18)8-12/h4-6,8-9,11H,2-3,7H2,1H3/b13-9+. The summed E-state index contributed by atoms with van der Waals surface area (Å²) in [6, 6.07) is 9.68. The summed E-state index contributed by atoms with van der Waals surface area (Å²) in [6.45, 7) is 2.34. The molecule has 0 aliphatic rings. The highest BCUT2D eigenvalue weighted by Gasteiger charge is 2.12. The lowest BCUT2D eigenvalue weighted by Crippen LogP contribution is -2.07. The van der Waals surface area contributed by atoms with Gasteiger partial charge in [0.15, 0.2) is 0 Å². The van der Waals surface area contributed by atoms with Gasteiger partial charge in [-0.1, -0.05) is 41.4 Å². The van der Waals surface area contributed by atoms with Gasteiger partial charge in [0.2, 0.25) is 0 Å². The molecular formula is C17H15BrN2O2S. The number of nitriles is 1. The number of ether oxygens (including phenoxy) is 1. The number of carbonyl (C=O) groups excluding carboxylic acids is 1. The van der Waals surface area contributed by atoms with Gasteiger partial charge in [-0.25, -0.2) is 9.78 Å². The monoisotopic (exact) mass is 390 g/mol. The minimum atomic E-state index is -0.599. The third-order valence-electron chi connectivity index (χ3n) is 2.96. The molecule has 23 heavy (non-hydrogen) atoms. The van der Waals surface area contributed by atoms with Crippen LogP contribution in [0.15, 0.2) is 39.7 Å². The molecule has 0 spiro atoms. The summed E-state index contributed by atoms with van der Waals surface area (Å²) in [5.74, 6) is -0.599. The zero-order chi connectivity index (χ0) is 16.7. The van der Waals surface area contributed by atoms with Gasteiger partial charge >= 0.3 is 5.97 Å². The van der Waals surface area contributed by atoms with Crippen LogP contribution in [0.25, 0.3) is 16.6 Å². The van der Waals surface area contributed by atoms with Crippen LogP contribution in [0, 0.1) is 11.3 Å². The molecular weight excluding hydrogens is 376 g/mol. The zero-order valence-corrected chi connectivity index (χ0v) is 15.0. The lowest BCUT2D eigenvalue weighted by atomic mass is 10.2. The van der Waals surface area contributed by atoms with Gasteiger partial charge in [0, 0.05) is 15.4 Å². The Balaban J connectivity index is 2.15. The Morgan fingerprint density at radius 3 is 3.04 bits per heavy atom. The van der Waals surface area contributed by atoms with Gasteiger partial charge in [-0.15, -0.1) is 11.3 Å². The number of hydrogen-bond acceptors (Lipinski definition) is 5. The van der Waals surface area contributed by atoms with Crippen LogP contribution in [-0.4, -0.2) is 17.6 Å². The van der Waals surface area contributed by atoms with Gasteiger partial charge in [-0.05, 0) is 24.6 Å². The zero-order valence-electron chi connectivity index (χ0n) is 12.6. The Bertz CT molecular complexity index is 762. The first-order valence-corrected chi connectivity index (χ1v) is 8.81. The van der Waals surface area contributed by atoms with E-state index in [0.717, 1.165) is 27.9 Å². The number of nitrogens with zero attached hydrogens (tertiary/aromatic N) is 2. The number of hydrogen-bond donors (Lipinski definition) is 0. The second kappa shape index (κ2) is 8.61. The van der Waals surface area contributed by atoms with E-state index in [-0.39, 0.29) is 5.57 Å². The van der Waals surface area contributed by atoms with Crippen LogP contribution in [0.1, 0.15) is 25.5 Å². The minimum absolute atomic E-state index is 0.0350. The molecule has 1 heterocycles. The van der Waals surface area contributed by atoms with Crippen LogP contribution in [0.3, 0.4) is 0 Å². The van der Waals surface area contributed by atoms with Crippen LogP contribution < -0.4 is 0 Å². The van der Waals surface area contributed by atoms with Crippen LogP contribution in [-0.2, 0) is 9.53 Å².